The summed E-state index contributed by atoms with van der Waals surface area (Å²) in [5.74, 6) is -0.420. The number of carbonyl (C=O) groups excluding carboxylic acids is 3. The van der Waals surface area contributed by atoms with Gasteiger partial charge in [-0.15, -0.1) is 11.3 Å². The van der Waals surface area contributed by atoms with Crippen LogP contribution in [-0.2, 0) is 31.9 Å². The van der Waals surface area contributed by atoms with Crippen LogP contribution in [0.4, 0.5) is 5.00 Å². The van der Waals surface area contributed by atoms with E-state index in [1.54, 1.807) is 6.92 Å². The predicted molar refractivity (Wildman–Crippen MR) is 113 cm³/mol. The molecular weight excluding hydrogens is 406 g/mol. The third-order valence-electron chi connectivity index (χ3n) is 5.91. The fraction of sp³-hybridized carbons (Fsp3) is 0.667. The van der Waals surface area contributed by atoms with E-state index in [4.69, 9.17) is 9.47 Å². The summed E-state index contributed by atoms with van der Waals surface area (Å²) in [6, 6.07) is 0. The van der Waals surface area contributed by atoms with Crippen LogP contribution < -0.4 is 5.32 Å². The monoisotopic (exact) mass is 435 g/mol. The van der Waals surface area contributed by atoms with Crippen LogP contribution in [0.15, 0.2) is 0 Å². The minimum atomic E-state index is -0.353. The first-order chi connectivity index (χ1) is 14.6. The number of hydrogen-bond donors (Lipinski definition) is 1. The first-order valence-corrected chi connectivity index (χ1v) is 11.6. The molecule has 164 valence electrons. The molecule has 0 saturated carbocycles. The van der Waals surface area contributed by atoms with E-state index in [-0.39, 0.29) is 30.4 Å². The van der Waals surface area contributed by atoms with Gasteiger partial charge < -0.3 is 19.7 Å². The molecule has 0 bridgehead atoms. The van der Waals surface area contributed by atoms with E-state index in [9.17, 15) is 14.4 Å². The first-order valence-electron chi connectivity index (χ1n) is 10.8. The lowest BCUT2D eigenvalue weighted by Crippen LogP contribution is -2.52. The molecule has 3 heterocycles. The van der Waals surface area contributed by atoms with Crippen molar-refractivity contribution in [1.29, 1.82) is 0 Å². The molecule has 0 aromatic carbocycles. The number of amides is 2. The Kier molecular flexibility index (Phi) is 6.70. The Morgan fingerprint density at radius 2 is 1.97 bits per heavy atom. The van der Waals surface area contributed by atoms with Gasteiger partial charge in [-0.25, -0.2) is 4.79 Å². The molecule has 2 amide bonds. The number of aryl methyl sites for hydroxylation is 1. The molecule has 30 heavy (non-hydrogen) atoms. The number of piperazine rings is 1. The number of nitrogens with one attached hydrogen (secondary N) is 1. The molecule has 0 spiro atoms. The van der Waals surface area contributed by atoms with E-state index in [0.29, 0.717) is 50.0 Å². The number of esters is 1. The smallest absolute Gasteiger partial charge is 0.341 e. The van der Waals surface area contributed by atoms with Crippen molar-refractivity contribution in [2.45, 2.75) is 45.1 Å². The third kappa shape index (κ3) is 4.53. The summed E-state index contributed by atoms with van der Waals surface area (Å²) < 4.78 is 10.7. The van der Waals surface area contributed by atoms with Gasteiger partial charge in [0.2, 0.25) is 5.91 Å². The lowest BCUT2D eigenvalue weighted by atomic mass is 10.1. The summed E-state index contributed by atoms with van der Waals surface area (Å²) in [4.78, 5) is 42.6. The zero-order chi connectivity index (χ0) is 21.1. The molecule has 1 aromatic rings. The van der Waals surface area contributed by atoms with E-state index < -0.39 is 0 Å². The number of nitrogens with zero attached hydrogens (tertiary/aromatic N) is 2. The Labute approximate surface area is 180 Å². The molecule has 2 aliphatic heterocycles. The predicted octanol–water partition coefficient (Wildman–Crippen LogP) is 1.68. The molecule has 2 fully saturated rings. The van der Waals surface area contributed by atoms with E-state index in [0.717, 1.165) is 37.7 Å². The minimum Gasteiger partial charge on any atom is -0.462 e. The maximum atomic E-state index is 12.7. The average molecular weight is 436 g/mol. The van der Waals surface area contributed by atoms with Crippen molar-refractivity contribution >= 4 is 34.1 Å². The number of thiophene rings is 1. The lowest BCUT2D eigenvalue weighted by Gasteiger charge is -2.35. The van der Waals surface area contributed by atoms with E-state index in [1.165, 1.54) is 16.2 Å². The summed E-state index contributed by atoms with van der Waals surface area (Å²) in [5.41, 5.74) is 1.57. The molecule has 1 unspecified atom stereocenters. The van der Waals surface area contributed by atoms with Crippen LogP contribution in [0.3, 0.4) is 0 Å². The van der Waals surface area contributed by atoms with Crippen molar-refractivity contribution in [3.8, 4) is 0 Å². The maximum absolute atomic E-state index is 12.7. The molecule has 9 heteroatoms. The van der Waals surface area contributed by atoms with Gasteiger partial charge in [0.15, 0.2) is 0 Å². The SMILES string of the molecule is CCOC(=O)c1c(NC(=O)CN2CCN(C(=O)C3CCCO3)CC2)sc2c1CCC2. The first kappa shape index (κ1) is 21.3. The number of rotatable bonds is 6. The second-order valence-electron chi connectivity index (χ2n) is 7.93. The van der Waals surface area contributed by atoms with Gasteiger partial charge in [-0.1, -0.05) is 0 Å². The van der Waals surface area contributed by atoms with Gasteiger partial charge in [-0.3, -0.25) is 14.5 Å². The van der Waals surface area contributed by atoms with E-state index in [2.05, 4.69) is 5.32 Å². The van der Waals surface area contributed by atoms with Gasteiger partial charge in [-0.05, 0) is 44.6 Å². The fourth-order valence-electron chi connectivity index (χ4n) is 4.38. The van der Waals surface area contributed by atoms with E-state index >= 15 is 0 Å². The Hall–Kier alpha value is -1.97. The largest absolute Gasteiger partial charge is 0.462 e. The number of carbonyl (C=O) groups is 3. The number of hydrogen-bond acceptors (Lipinski definition) is 7. The van der Waals surface area contributed by atoms with Crippen LogP contribution in [-0.4, -0.2) is 79.6 Å². The highest BCUT2D eigenvalue weighted by Gasteiger charge is 2.31. The van der Waals surface area contributed by atoms with Crippen molar-refractivity contribution in [2.75, 3.05) is 51.3 Å². The Morgan fingerprint density at radius 1 is 1.17 bits per heavy atom. The quantitative estimate of drug-likeness (QED) is 0.684. The lowest BCUT2D eigenvalue weighted by molar-refractivity contribution is -0.142. The van der Waals surface area contributed by atoms with Crippen molar-refractivity contribution < 1.29 is 23.9 Å². The van der Waals surface area contributed by atoms with Crippen LogP contribution in [0, 0.1) is 0 Å². The standard InChI is InChI=1S/C21H29N3O5S/c1-2-28-21(27)18-14-5-3-7-16(14)30-19(18)22-17(25)13-23-8-10-24(11-9-23)20(26)15-6-4-12-29-15/h15H,2-13H2,1H3,(H,22,25). The molecular formula is C21H29N3O5S. The Bertz CT molecular complexity index is 810. The minimum absolute atomic E-state index is 0.0729. The fourth-order valence-corrected chi connectivity index (χ4v) is 5.68. The topological polar surface area (TPSA) is 88.2 Å². The molecule has 1 atom stereocenters. The van der Waals surface area contributed by atoms with Crippen LogP contribution in [0.25, 0.3) is 0 Å². The van der Waals surface area contributed by atoms with Gasteiger partial charge in [0.05, 0.1) is 18.7 Å². The molecule has 4 rings (SSSR count). The van der Waals surface area contributed by atoms with E-state index in [1.807, 2.05) is 9.80 Å². The molecule has 1 aliphatic carbocycles. The number of anilines is 1. The van der Waals surface area contributed by atoms with Crippen molar-refractivity contribution in [3.05, 3.63) is 16.0 Å². The summed E-state index contributed by atoms with van der Waals surface area (Å²) >= 11 is 1.49. The van der Waals surface area contributed by atoms with Gasteiger partial charge in [0, 0.05) is 37.7 Å². The molecule has 0 radical (unpaired) electrons. The summed E-state index contributed by atoms with van der Waals surface area (Å²) in [6.45, 7) is 5.51. The average Bonchev–Trinajstić information content (AvgIpc) is 3.45. The zero-order valence-electron chi connectivity index (χ0n) is 17.4. The summed E-state index contributed by atoms with van der Waals surface area (Å²) in [5, 5.41) is 3.55. The molecule has 1 N–H and O–H groups in total. The third-order valence-corrected chi connectivity index (χ3v) is 7.12. The van der Waals surface area contributed by atoms with Crippen LogP contribution in [0.1, 0.15) is 47.0 Å². The van der Waals surface area contributed by atoms with Crippen LogP contribution >= 0.6 is 11.3 Å². The van der Waals surface area contributed by atoms with Gasteiger partial charge >= 0.3 is 5.97 Å². The second kappa shape index (κ2) is 9.45. The zero-order valence-corrected chi connectivity index (χ0v) is 18.2. The Balaban J connectivity index is 1.31. The normalized spacial score (nSPS) is 21.5. The number of ether oxygens (including phenoxy) is 2. The maximum Gasteiger partial charge on any atom is 0.341 e. The van der Waals surface area contributed by atoms with Crippen LogP contribution in [0.2, 0.25) is 0 Å². The van der Waals surface area contributed by atoms with Crippen molar-refractivity contribution in [1.82, 2.24) is 9.80 Å². The summed E-state index contributed by atoms with van der Waals surface area (Å²) in [6.07, 6.45) is 4.30. The molecule has 8 nitrogen and oxygen atoms in total. The van der Waals surface area contributed by atoms with Gasteiger partial charge in [0.25, 0.3) is 5.91 Å². The highest BCUT2D eigenvalue weighted by atomic mass is 32.1. The van der Waals surface area contributed by atoms with Crippen molar-refractivity contribution in [2.24, 2.45) is 0 Å². The highest BCUT2D eigenvalue weighted by molar-refractivity contribution is 7.17. The summed E-state index contributed by atoms with van der Waals surface area (Å²) in [7, 11) is 0. The number of fused-ring (bicyclic) bond motifs is 1. The van der Waals surface area contributed by atoms with Crippen molar-refractivity contribution in [3.63, 3.8) is 0 Å². The van der Waals surface area contributed by atoms with Gasteiger partial charge in [0.1, 0.15) is 11.1 Å². The molecule has 3 aliphatic rings. The van der Waals surface area contributed by atoms with Crippen LogP contribution in [0.5, 0.6) is 0 Å². The molecule has 1 aromatic heterocycles. The Morgan fingerprint density at radius 3 is 2.67 bits per heavy atom. The molecule has 2 saturated heterocycles. The second-order valence-corrected chi connectivity index (χ2v) is 9.04. The highest BCUT2D eigenvalue weighted by Crippen LogP contribution is 2.39. The van der Waals surface area contributed by atoms with Gasteiger partial charge in [-0.2, -0.15) is 0 Å².